The van der Waals surface area contributed by atoms with Gasteiger partial charge in [-0.25, -0.2) is 0 Å². The van der Waals surface area contributed by atoms with Gasteiger partial charge in [-0.15, -0.1) is 0 Å². The van der Waals surface area contributed by atoms with Gasteiger partial charge in [0.1, 0.15) is 5.75 Å². The largest absolute Gasteiger partial charge is 0.497 e. The average Bonchev–Trinajstić information content (AvgIpc) is 2.96. The summed E-state index contributed by atoms with van der Waals surface area (Å²) < 4.78 is 5.14. The van der Waals surface area contributed by atoms with E-state index >= 15 is 0 Å². The standard InChI is InChI=1S/C14H19N3O3/c1-20-11-5-2-4-10(8-11)9-13(18)17-7-3-6-12(17)14(15)16-19/h2,4-5,8,12,19H,3,6-7,9H2,1H3,(H2,15,16). The molecule has 1 fully saturated rings. The fourth-order valence-electron chi connectivity index (χ4n) is 2.50. The van der Waals surface area contributed by atoms with Crippen molar-refractivity contribution in [2.24, 2.45) is 10.9 Å². The number of nitrogens with two attached hydrogens (primary N) is 1. The quantitative estimate of drug-likeness (QED) is 0.371. The summed E-state index contributed by atoms with van der Waals surface area (Å²) in [5.41, 5.74) is 6.52. The van der Waals surface area contributed by atoms with Crippen LogP contribution in [0.15, 0.2) is 29.4 Å². The van der Waals surface area contributed by atoms with Crippen molar-refractivity contribution < 1.29 is 14.7 Å². The zero-order chi connectivity index (χ0) is 14.5. The molecule has 1 aliphatic rings. The van der Waals surface area contributed by atoms with Crippen LogP contribution in [0.2, 0.25) is 0 Å². The van der Waals surface area contributed by atoms with Crippen molar-refractivity contribution in [1.29, 1.82) is 0 Å². The molecule has 6 heteroatoms. The van der Waals surface area contributed by atoms with Crippen molar-refractivity contribution in [3.63, 3.8) is 0 Å². The number of oxime groups is 1. The van der Waals surface area contributed by atoms with Gasteiger partial charge in [0.05, 0.1) is 19.6 Å². The number of rotatable bonds is 4. The Morgan fingerprint density at radius 2 is 2.40 bits per heavy atom. The predicted octanol–water partition coefficient (Wildman–Crippen LogP) is 0.975. The zero-order valence-electron chi connectivity index (χ0n) is 11.5. The number of ether oxygens (including phenoxy) is 1. The van der Waals surface area contributed by atoms with Gasteiger partial charge in [0.2, 0.25) is 5.91 Å². The average molecular weight is 277 g/mol. The van der Waals surface area contributed by atoms with Crippen LogP contribution in [0.4, 0.5) is 0 Å². The summed E-state index contributed by atoms with van der Waals surface area (Å²) in [4.78, 5) is 14.0. The van der Waals surface area contributed by atoms with E-state index in [1.807, 2.05) is 24.3 Å². The molecule has 0 aliphatic carbocycles. The molecule has 0 saturated carbocycles. The molecule has 20 heavy (non-hydrogen) atoms. The van der Waals surface area contributed by atoms with Crippen molar-refractivity contribution in [2.45, 2.75) is 25.3 Å². The summed E-state index contributed by atoms with van der Waals surface area (Å²) in [5.74, 6) is 0.804. The Kier molecular flexibility index (Phi) is 4.45. The molecule has 6 nitrogen and oxygen atoms in total. The number of hydrogen-bond acceptors (Lipinski definition) is 4. The van der Waals surface area contributed by atoms with Gasteiger partial charge in [0, 0.05) is 6.54 Å². The fourth-order valence-corrected chi connectivity index (χ4v) is 2.50. The normalized spacial score (nSPS) is 19.1. The van der Waals surface area contributed by atoms with E-state index in [0.717, 1.165) is 24.2 Å². The minimum absolute atomic E-state index is 0.0210. The molecule has 3 N–H and O–H groups in total. The Balaban J connectivity index is 2.07. The second-order valence-electron chi connectivity index (χ2n) is 4.80. The van der Waals surface area contributed by atoms with Gasteiger partial charge < -0.3 is 20.6 Å². The summed E-state index contributed by atoms with van der Waals surface area (Å²) in [6.07, 6.45) is 1.89. The first-order chi connectivity index (χ1) is 9.65. The van der Waals surface area contributed by atoms with Crippen molar-refractivity contribution >= 4 is 11.7 Å². The second kappa shape index (κ2) is 6.27. The molecule has 1 saturated heterocycles. The van der Waals surface area contributed by atoms with Gasteiger partial charge in [-0.2, -0.15) is 0 Å². The Morgan fingerprint density at radius 1 is 1.60 bits per heavy atom. The zero-order valence-corrected chi connectivity index (χ0v) is 11.5. The lowest BCUT2D eigenvalue weighted by molar-refractivity contribution is -0.130. The van der Waals surface area contributed by atoms with Gasteiger partial charge in [-0.05, 0) is 30.5 Å². The number of nitrogens with zero attached hydrogens (tertiary/aromatic N) is 2. The number of carbonyl (C=O) groups is 1. The Labute approximate surface area is 117 Å². The number of hydrogen-bond donors (Lipinski definition) is 2. The third-order valence-electron chi connectivity index (χ3n) is 3.52. The monoisotopic (exact) mass is 277 g/mol. The highest BCUT2D eigenvalue weighted by molar-refractivity contribution is 5.91. The lowest BCUT2D eigenvalue weighted by atomic mass is 10.1. The molecule has 1 heterocycles. The lowest BCUT2D eigenvalue weighted by Crippen LogP contribution is -2.44. The van der Waals surface area contributed by atoms with Crippen LogP contribution in [0.25, 0.3) is 0 Å². The van der Waals surface area contributed by atoms with Crippen LogP contribution in [0.3, 0.4) is 0 Å². The van der Waals surface area contributed by atoms with E-state index in [-0.39, 0.29) is 24.2 Å². The van der Waals surface area contributed by atoms with E-state index in [2.05, 4.69) is 5.16 Å². The van der Waals surface area contributed by atoms with Crippen LogP contribution in [0, 0.1) is 0 Å². The molecule has 1 unspecified atom stereocenters. The third kappa shape index (κ3) is 3.01. The maximum atomic E-state index is 12.3. The molecule has 1 aromatic rings. The van der Waals surface area contributed by atoms with Crippen molar-refractivity contribution in [2.75, 3.05) is 13.7 Å². The molecular weight excluding hydrogens is 258 g/mol. The number of likely N-dealkylation sites (tertiary alicyclic amines) is 1. The predicted molar refractivity (Wildman–Crippen MR) is 74.8 cm³/mol. The molecule has 0 spiro atoms. The van der Waals surface area contributed by atoms with E-state index in [9.17, 15) is 4.79 Å². The number of amides is 1. The number of methoxy groups -OCH3 is 1. The van der Waals surface area contributed by atoms with Crippen LogP contribution in [0.5, 0.6) is 5.75 Å². The van der Waals surface area contributed by atoms with Crippen LogP contribution in [-0.2, 0) is 11.2 Å². The molecular formula is C14H19N3O3. The highest BCUT2D eigenvalue weighted by atomic mass is 16.5. The maximum absolute atomic E-state index is 12.3. The highest BCUT2D eigenvalue weighted by Crippen LogP contribution is 2.20. The SMILES string of the molecule is COc1cccc(CC(=O)N2CCCC2C(N)=NO)c1. The lowest BCUT2D eigenvalue weighted by Gasteiger charge is -2.23. The molecule has 108 valence electrons. The van der Waals surface area contributed by atoms with Gasteiger partial charge >= 0.3 is 0 Å². The topological polar surface area (TPSA) is 88.2 Å². The first-order valence-electron chi connectivity index (χ1n) is 6.55. The van der Waals surface area contributed by atoms with Crippen LogP contribution >= 0.6 is 0 Å². The van der Waals surface area contributed by atoms with Gasteiger partial charge in [0.25, 0.3) is 0 Å². The first kappa shape index (κ1) is 14.2. The van der Waals surface area contributed by atoms with E-state index in [1.165, 1.54) is 0 Å². The van der Waals surface area contributed by atoms with Gasteiger partial charge in [-0.1, -0.05) is 17.3 Å². The fraction of sp³-hybridized carbons (Fsp3) is 0.429. The Morgan fingerprint density at radius 3 is 3.10 bits per heavy atom. The third-order valence-corrected chi connectivity index (χ3v) is 3.52. The minimum Gasteiger partial charge on any atom is -0.497 e. The smallest absolute Gasteiger partial charge is 0.227 e. The number of benzene rings is 1. The molecule has 1 atom stereocenters. The summed E-state index contributed by atoms with van der Waals surface area (Å²) in [6.45, 7) is 0.643. The van der Waals surface area contributed by atoms with Crippen LogP contribution in [-0.4, -0.2) is 41.5 Å². The summed E-state index contributed by atoms with van der Waals surface area (Å²) in [7, 11) is 1.59. The molecule has 1 aromatic carbocycles. The maximum Gasteiger partial charge on any atom is 0.227 e. The van der Waals surface area contributed by atoms with E-state index in [0.29, 0.717) is 6.54 Å². The minimum atomic E-state index is -0.293. The molecule has 2 rings (SSSR count). The molecule has 1 aliphatic heterocycles. The molecule has 0 radical (unpaired) electrons. The molecule has 0 aromatic heterocycles. The van der Waals surface area contributed by atoms with Crippen molar-refractivity contribution in [3.05, 3.63) is 29.8 Å². The van der Waals surface area contributed by atoms with E-state index < -0.39 is 0 Å². The summed E-state index contributed by atoms with van der Waals surface area (Å²) in [6, 6.07) is 7.12. The van der Waals surface area contributed by atoms with Gasteiger partial charge in [-0.3, -0.25) is 4.79 Å². The number of amidine groups is 1. The summed E-state index contributed by atoms with van der Waals surface area (Å²) >= 11 is 0. The molecule has 1 amide bonds. The van der Waals surface area contributed by atoms with Crippen molar-refractivity contribution in [3.8, 4) is 5.75 Å². The second-order valence-corrected chi connectivity index (χ2v) is 4.80. The number of carbonyl (C=O) groups excluding carboxylic acids is 1. The Hall–Kier alpha value is -2.24. The Bertz CT molecular complexity index is 516. The van der Waals surface area contributed by atoms with Crippen LogP contribution < -0.4 is 10.5 Å². The van der Waals surface area contributed by atoms with Gasteiger partial charge in [0.15, 0.2) is 5.84 Å². The van der Waals surface area contributed by atoms with Crippen LogP contribution in [0.1, 0.15) is 18.4 Å². The first-order valence-corrected chi connectivity index (χ1v) is 6.55. The van der Waals surface area contributed by atoms with E-state index in [4.69, 9.17) is 15.7 Å². The van der Waals surface area contributed by atoms with E-state index in [1.54, 1.807) is 12.0 Å². The van der Waals surface area contributed by atoms with Crippen molar-refractivity contribution in [1.82, 2.24) is 4.90 Å². The summed E-state index contributed by atoms with van der Waals surface area (Å²) in [5, 5.41) is 11.8. The highest BCUT2D eigenvalue weighted by Gasteiger charge is 2.31. The molecule has 0 bridgehead atoms.